The van der Waals surface area contributed by atoms with Crippen LogP contribution < -0.4 is 5.73 Å². The van der Waals surface area contributed by atoms with Crippen molar-refractivity contribution >= 4 is 17.0 Å². The number of rotatable bonds is 1. The van der Waals surface area contributed by atoms with E-state index in [9.17, 15) is 0 Å². The molecule has 2 N–H and O–H groups in total. The first-order chi connectivity index (χ1) is 8.56. The molecule has 2 aromatic heterocycles. The molecule has 0 aliphatic rings. The van der Waals surface area contributed by atoms with Gasteiger partial charge in [0.1, 0.15) is 5.52 Å². The molecule has 0 atom stereocenters. The van der Waals surface area contributed by atoms with Crippen molar-refractivity contribution in [2.75, 3.05) is 5.73 Å². The van der Waals surface area contributed by atoms with Gasteiger partial charge in [-0.2, -0.15) is 0 Å². The fourth-order valence-electron chi connectivity index (χ4n) is 2.06. The second kappa shape index (κ2) is 3.60. The second-order valence-electron chi connectivity index (χ2n) is 4.38. The molecule has 0 saturated heterocycles. The van der Waals surface area contributed by atoms with Crippen molar-refractivity contribution in [3.63, 3.8) is 0 Å². The highest BCUT2D eigenvalue weighted by Crippen LogP contribution is 2.27. The van der Waals surface area contributed by atoms with Crippen molar-refractivity contribution in [2.45, 2.75) is 13.8 Å². The van der Waals surface area contributed by atoms with E-state index in [4.69, 9.17) is 10.2 Å². The Morgan fingerprint density at radius 2 is 2.00 bits per heavy atom. The number of hydrogen-bond acceptors (Lipinski definition) is 4. The number of aromatic nitrogens is 3. The van der Waals surface area contributed by atoms with Gasteiger partial charge in [-0.1, -0.05) is 0 Å². The van der Waals surface area contributed by atoms with E-state index in [2.05, 4.69) is 9.97 Å². The molecule has 0 radical (unpaired) electrons. The van der Waals surface area contributed by atoms with E-state index in [-0.39, 0.29) is 0 Å². The first-order valence-electron chi connectivity index (χ1n) is 5.72. The van der Waals surface area contributed by atoms with Crippen LogP contribution in [0.15, 0.2) is 22.6 Å². The van der Waals surface area contributed by atoms with E-state index >= 15 is 0 Å². The maximum atomic E-state index is 5.81. The number of imidazole rings is 1. The summed E-state index contributed by atoms with van der Waals surface area (Å²) >= 11 is 0. The Morgan fingerprint density at radius 1 is 1.22 bits per heavy atom. The second-order valence-corrected chi connectivity index (χ2v) is 4.38. The Kier molecular flexibility index (Phi) is 2.16. The van der Waals surface area contributed by atoms with Crippen molar-refractivity contribution in [2.24, 2.45) is 7.05 Å². The Labute approximate surface area is 104 Å². The molecule has 2 heterocycles. The van der Waals surface area contributed by atoms with E-state index in [0.717, 1.165) is 28.1 Å². The topological polar surface area (TPSA) is 69.9 Å². The van der Waals surface area contributed by atoms with Crippen LogP contribution in [-0.2, 0) is 7.05 Å². The van der Waals surface area contributed by atoms with Gasteiger partial charge in [0.05, 0.1) is 5.69 Å². The molecule has 0 bridgehead atoms. The summed E-state index contributed by atoms with van der Waals surface area (Å²) in [6.07, 6.45) is 0. The molecule has 0 saturated carbocycles. The van der Waals surface area contributed by atoms with Gasteiger partial charge in [-0.15, -0.1) is 0 Å². The summed E-state index contributed by atoms with van der Waals surface area (Å²) < 4.78 is 7.33. The van der Waals surface area contributed by atoms with Gasteiger partial charge >= 0.3 is 0 Å². The zero-order valence-electron chi connectivity index (χ0n) is 10.6. The van der Waals surface area contributed by atoms with Crippen LogP contribution in [0, 0.1) is 13.8 Å². The number of benzene rings is 1. The number of nitrogen functional groups attached to an aromatic ring is 1. The van der Waals surface area contributed by atoms with Gasteiger partial charge in [-0.25, -0.2) is 9.97 Å². The third-order valence-corrected chi connectivity index (χ3v) is 3.18. The molecule has 5 heteroatoms. The fraction of sp³-hybridized carbons (Fsp3) is 0.231. The molecule has 0 aliphatic heterocycles. The summed E-state index contributed by atoms with van der Waals surface area (Å²) in [4.78, 5) is 8.70. The third-order valence-electron chi connectivity index (χ3n) is 3.18. The van der Waals surface area contributed by atoms with Crippen molar-refractivity contribution < 1.29 is 4.42 Å². The molecule has 0 fully saturated rings. The van der Waals surface area contributed by atoms with Gasteiger partial charge in [0.15, 0.2) is 11.5 Å². The molecule has 0 amide bonds. The van der Waals surface area contributed by atoms with Crippen molar-refractivity contribution in [3.8, 4) is 11.3 Å². The average molecular weight is 242 g/mol. The van der Waals surface area contributed by atoms with Crippen LogP contribution in [-0.4, -0.2) is 14.5 Å². The van der Waals surface area contributed by atoms with Gasteiger partial charge in [0.2, 0.25) is 5.95 Å². The highest BCUT2D eigenvalue weighted by atomic mass is 16.3. The summed E-state index contributed by atoms with van der Waals surface area (Å²) in [7, 11) is 1.90. The molecule has 3 rings (SSSR count). The number of fused-ring (bicyclic) bond motifs is 1. The molecule has 3 aromatic rings. The van der Waals surface area contributed by atoms with Crippen LogP contribution in [0.1, 0.15) is 11.6 Å². The largest absolute Gasteiger partial charge is 0.441 e. The maximum Gasteiger partial charge on any atom is 0.200 e. The van der Waals surface area contributed by atoms with Gasteiger partial charge in [0, 0.05) is 25.2 Å². The van der Waals surface area contributed by atoms with Crippen LogP contribution in [0.5, 0.6) is 0 Å². The van der Waals surface area contributed by atoms with Crippen LogP contribution in [0.3, 0.4) is 0 Å². The quantitative estimate of drug-likeness (QED) is 0.711. The van der Waals surface area contributed by atoms with E-state index in [1.807, 2.05) is 43.7 Å². The lowest BCUT2D eigenvalue weighted by Gasteiger charge is -1.99. The normalized spacial score (nSPS) is 11.3. The van der Waals surface area contributed by atoms with E-state index in [1.54, 1.807) is 0 Å². The summed E-state index contributed by atoms with van der Waals surface area (Å²) in [5.74, 6) is 1.18. The maximum absolute atomic E-state index is 5.81. The first-order valence-corrected chi connectivity index (χ1v) is 5.72. The van der Waals surface area contributed by atoms with Crippen molar-refractivity contribution in [1.82, 2.24) is 14.5 Å². The zero-order valence-corrected chi connectivity index (χ0v) is 10.6. The molecule has 0 unspecified atom stereocenters. The number of nitrogens with zero attached hydrogens (tertiary/aromatic N) is 3. The number of aryl methyl sites for hydroxylation is 1. The lowest BCUT2D eigenvalue weighted by molar-refractivity contribution is 0.561. The van der Waals surface area contributed by atoms with Crippen LogP contribution >= 0.6 is 0 Å². The molecular formula is C13H14N4O. The van der Waals surface area contributed by atoms with Crippen LogP contribution in [0.2, 0.25) is 0 Å². The van der Waals surface area contributed by atoms with Crippen molar-refractivity contribution in [1.29, 1.82) is 0 Å². The number of hydrogen-bond donors (Lipinski definition) is 1. The minimum Gasteiger partial charge on any atom is -0.441 e. The van der Waals surface area contributed by atoms with Crippen molar-refractivity contribution in [3.05, 3.63) is 29.8 Å². The van der Waals surface area contributed by atoms with Crippen LogP contribution in [0.25, 0.3) is 22.4 Å². The molecule has 18 heavy (non-hydrogen) atoms. The Morgan fingerprint density at radius 3 is 2.67 bits per heavy atom. The summed E-state index contributed by atoms with van der Waals surface area (Å²) in [5, 5.41) is 0. The standard InChI is InChI=1S/C13H14N4O/c1-7-12(16-13(14)17(7)3)9-4-5-11-10(6-9)15-8(2)18-11/h4-6H,1-3H3,(H2,14,16). The minimum absolute atomic E-state index is 0.513. The SMILES string of the molecule is Cc1nc2cc(-c3nc(N)n(C)c3C)ccc2o1. The predicted octanol–water partition coefficient (Wildman–Crippen LogP) is 2.43. The lowest BCUT2D eigenvalue weighted by atomic mass is 10.1. The van der Waals surface area contributed by atoms with E-state index in [1.165, 1.54) is 0 Å². The summed E-state index contributed by atoms with van der Waals surface area (Å²) in [6.45, 7) is 3.83. The van der Waals surface area contributed by atoms with E-state index in [0.29, 0.717) is 11.8 Å². The number of nitrogens with two attached hydrogens (primary N) is 1. The molecule has 0 spiro atoms. The first kappa shape index (κ1) is 10.8. The summed E-state index contributed by atoms with van der Waals surface area (Å²) in [5.41, 5.74) is 10.4. The fourth-order valence-corrected chi connectivity index (χ4v) is 2.06. The van der Waals surface area contributed by atoms with Crippen LogP contribution in [0.4, 0.5) is 5.95 Å². The monoisotopic (exact) mass is 242 g/mol. The summed E-state index contributed by atoms with van der Waals surface area (Å²) in [6, 6.07) is 5.86. The molecule has 5 nitrogen and oxygen atoms in total. The third kappa shape index (κ3) is 1.48. The minimum atomic E-state index is 0.513. The van der Waals surface area contributed by atoms with Gasteiger partial charge < -0.3 is 14.7 Å². The predicted molar refractivity (Wildman–Crippen MR) is 70.1 cm³/mol. The Hall–Kier alpha value is -2.30. The molecule has 92 valence electrons. The van der Waals surface area contributed by atoms with E-state index < -0.39 is 0 Å². The Balaban J connectivity index is 2.21. The molecular weight excluding hydrogens is 228 g/mol. The smallest absolute Gasteiger partial charge is 0.200 e. The van der Waals surface area contributed by atoms with Gasteiger partial charge in [-0.3, -0.25) is 0 Å². The Bertz CT molecular complexity index is 739. The zero-order chi connectivity index (χ0) is 12.9. The molecule has 1 aromatic carbocycles. The molecule has 0 aliphatic carbocycles. The number of anilines is 1. The highest BCUT2D eigenvalue weighted by molar-refractivity contribution is 5.80. The average Bonchev–Trinajstić information content (AvgIpc) is 2.82. The lowest BCUT2D eigenvalue weighted by Crippen LogP contribution is -1.97. The number of oxazole rings is 1. The van der Waals surface area contributed by atoms with Gasteiger partial charge in [-0.05, 0) is 25.1 Å². The van der Waals surface area contributed by atoms with Gasteiger partial charge in [0.25, 0.3) is 0 Å². The highest BCUT2D eigenvalue weighted by Gasteiger charge is 2.12.